The molecule has 2 aromatic heterocycles. The number of rotatable bonds is 2. The number of nitrogens with zero attached hydrogens (tertiary/aromatic N) is 2. The molecule has 2 heterocycles. The first-order chi connectivity index (χ1) is 5.90. The SMILES string of the molecule is NCCc1ccn2ccnc2c1. The van der Waals surface area contributed by atoms with Gasteiger partial charge in [-0.2, -0.15) is 0 Å². The van der Waals surface area contributed by atoms with Gasteiger partial charge in [-0.15, -0.1) is 0 Å². The molecule has 0 bridgehead atoms. The predicted molar refractivity (Wildman–Crippen MR) is 48.0 cm³/mol. The molecular weight excluding hydrogens is 150 g/mol. The summed E-state index contributed by atoms with van der Waals surface area (Å²) in [6, 6.07) is 4.13. The molecular formula is C9H11N3. The molecule has 0 amide bonds. The van der Waals surface area contributed by atoms with E-state index in [1.54, 1.807) is 6.20 Å². The minimum atomic E-state index is 0.691. The number of aromatic nitrogens is 2. The maximum absolute atomic E-state index is 5.45. The van der Waals surface area contributed by atoms with Crippen LogP contribution in [0.5, 0.6) is 0 Å². The lowest BCUT2D eigenvalue weighted by atomic mass is 10.2. The van der Waals surface area contributed by atoms with E-state index in [1.165, 1.54) is 5.56 Å². The number of hydrogen-bond donors (Lipinski definition) is 1. The van der Waals surface area contributed by atoms with Crippen LogP contribution in [0.3, 0.4) is 0 Å². The second kappa shape index (κ2) is 2.95. The van der Waals surface area contributed by atoms with Gasteiger partial charge in [0.1, 0.15) is 5.65 Å². The largest absolute Gasteiger partial charge is 0.330 e. The van der Waals surface area contributed by atoms with Gasteiger partial charge in [0.15, 0.2) is 0 Å². The van der Waals surface area contributed by atoms with E-state index in [9.17, 15) is 0 Å². The van der Waals surface area contributed by atoms with E-state index in [1.807, 2.05) is 16.8 Å². The summed E-state index contributed by atoms with van der Waals surface area (Å²) in [4.78, 5) is 4.18. The lowest BCUT2D eigenvalue weighted by Crippen LogP contribution is -2.02. The molecule has 0 radical (unpaired) electrons. The van der Waals surface area contributed by atoms with Crippen molar-refractivity contribution in [3.05, 3.63) is 36.3 Å². The fourth-order valence-electron chi connectivity index (χ4n) is 1.27. The minimum Gasteiger partial charge on any atom is -0.330 e. The van der Waals surface area contributed by atoms with Crippen LogP contribution >= 0.6 is 0 Å². The zero-order chi connectivity index (χ0) is 8.39. The van der Waals surface area contributed by atoms with E-state index in [-0.39, 0.29) is 0 Å². The summed E-state index contributed by atoms with van der Waals surface area (Å²) in [5, 5.41) is 0. The molecule has 0 atom stereocenters. The highest BCUT2D eigenvalue weighted by atomic mass is 15.0. The van der Waals surface area contributed by atoms with Crippen LogP contribution in [0.25, 0.3) is 5.65 Å². The molecule has 0 fully saturated rings. The van der Waals surface area contributed by atoms with Crippen molar-refractivity contribution in [3.8, 4) is 0 Å². The summed E-state index contributed by atoms with van der Waals surface area (Å²) in [7, 11) is 0. The molecule has 0 aliphatic carbocycles. The highest BCUT2D eigenvalue weighted by Crippen LogP contribution is 2.05. The normalized spacial score (nSPS) is 10.8. The van der Waals surface area contributed by atoms with E-state index >= 15 is 0 Å². The highest BCUT2D eigenvalue weighted by Gasteiger charge is 1.94. The fourth-order valence-corrected chi connectivity index (χ4v) is 1.27. The highest BCUT2D eigenvalue weighted by molar-refractivity contribution is 5.41. The number of fused-ring (bicyclic) bond motifs is 1. The number of nitrogens with two attached hydrogens (primary N) is 1. The Morgan fingerprint density at radius 3 is 3.17 bits per heavy atom. The Balaban J connectivity index is 2.46. The molecule has 2 aromatic rings. The van der Waals surface area contributed by atoms with Crippen molar-refractivity contribution in [1.29, 1.82) is 0 Å². The first-order valence-electron chi connectivity index (χ1n) is 4.02. The van der Waals surface area contributed by atoms with Gasteiger partial charge in [-0.1, -0.05) is 0 Å². The van der Waals surface area contributed by atoms with E-state index in [0.717, 1.165) is 12.1 Å². The lowest BCUT2D eigenvalue weighted by molar-refractivity contribution is 0.962. The molecule has 0 spiro atoms. The van der Waals surface area contributed by atoms with Crippen LogP contribution in [0.4, 0.5) is 0 Å². The van der Waals surface area contributed by atoms with Gasteiger partial charge >= 0.3 is 0 Å². The van der Waals surface area contributed by atoms with Crippen LogP contribution in [0.2, 0.25) is 0 Å². The van der Waals surface area contributed by atoms with Crippen LogP contribution in [0.1, 0.15) is 5.56 Å². The van der Waals surface area contributed by atoms with Crippen LogP contribution in [-0.2, 0) is 6.42 Å². The van der Waals surface area contributed by atoms with Gasteiger partial charge in [0.05, 0.1) is 0 Å². The third-order valence-electron chi connectivity index (χ3n) is 1.90. The Morgan fingerprint density at radius 1 is 1.42 bits per heavy atom. The second-order valence-electron chi connectivity index (χ2n) is 2.77. The smallest absolute Gasteiger partial charge is 0.136 e. The van der Waals surface area contributed by atoms with Gasteiger partial charge in [0.2, 0.25) is 0 Å². The molecule has 12 heavy (non-hydrogen) atoms. The van der Waals surface area contributed by atoms with Gasteiger partial charge < -0.3 is 10.1 Å². The molecule has 62 valence electrons. The number of hydrogen-bond acceptors (Lipinski definition) is 2. The third kappa shape index (κ3) is 1.19. The summed E-state index contributed by atoms with van der Waals surface area (Å²) in [5.41, 5.74) is 7.69. The van der Waals surface area contributed by atoms with Crippen molar-refractivity contribution in [3.63, 3.8) is 0 Å². The van der Waals surface area contributed by atoms with E-state index in [4.69, 9.17) is 5.73 Å². The molecule has 0 saturated heterocycles. The molecule has 0 aliphatic rings. The summed E-state index contributed by atoms with van der Waals surface area (Å²) in [6.45, 7) is 0.691. The average molecular weight is 161 g/mol. The maximum Gasteiger partial charge on any atom is 0.136 e. The molecule has 2 rings (SSSR count). The van der Waals surface area contributed by atoms with Crippen molar-refractivity contribution < 1.29 is 0 Å². The van der Waals surface area contributed by atoms with Gasteiger partial charge in [-0.05, 0) is 30.7 Å². The topological polar surface area (TPSA) is 43.3 Å². The molecule has 2 N–H and O–H groups in total. The third-order valence-corrected chi connectivity index (χ3v) is 1.90. The van der Waals surface area contributed by atoms with Crippen LogP contribution < -0.4 is 5.73 Å². The zero-order valence-electron chi connectivity index (χ0n) is 6.77. The van der Waals surface area contributed by atoms with Crippen molar-refractivity contribution in [1.82, 2.24) is 9.38 Å². The number of imidazole rings is 1. The fraction of sp³-hybridized carbons (Fsp3) is 0.222. The Morgan fingerprint density at radius 2 is 2.33 bits per heavy atom. The van der Waals surface area contributed by atoms with Gasteiger partial charge in [-0.3, -0.25) is 0 Å². The van der Waals surface area contributed by atoms with Gasteiger partial charge in [0.25, 0.3) is 0 Å². The van der Waals surface area contributed by atoms with Gasteiger partial charge in [0, 0.05) is 18.6 Å². The molecule has 3 nitrogen and oxygen atoms in total. The summed E-state index contributed by atoms with van der Waals surface area (Å²) >= 11 is 0. The Hall–Kier alpha value is -1.35. The number of pyridine rings is 1. The van der Waals surface area contributed by atoms with E-state index in [2.05, 4.69) is 17.1 Å². The Kier molecular flexibility index (Phi) is 1.80. The van der Waals surface area contributed by atoms with Crippen molar-refractivity contribution in [2.45, 2.75) is 6.42 Å². The van der Waals surface area contributed by atoms with E-state index < -0.39 is 0 Å². The molecule has 0 aliphatic heterocycles. The van der Waals surface area contributed by atoms with Crippen molar-refractivity contribution in [2.24, 2.45) is 5.73 Å². The predicted octanol–water partition coefficient (Wildman–Crippen LogP) is 0.835. The summed E-state index contributed by atoms with van der Waals surface area (Å²) in [6.07, 6.45) is 6.65. The van der Waals surface area contributed by atoms with Crippen molar-refractivity contribution >= 4 is 5.65 Å². The minimum absolute atomic E-state index is 0.691. The van der Waals surface area contributed by atoms with Crippen LogP contribution in [0, 0.1) is 0 Å². The summed E-state index contributed by atoms with van der Waals surface area (Å²) < 4.78 is 1.99. The second-order valence-corrected chi connectivity index (χ2v) is 2.77. The lowest BCUT2D eigenvalue weighted by Gasteiger charge is -1.98. The monoisotopic (exact) mass is 161 g/mol. The molecule has 3 heteroatoms. The van der Waals surface area contributed by atoms with Crippen LogP contribution in [0.15, 0.2) is 30.7 Å². The molecule has 0 unspecified atom stereocenters. The van der Waals surface area contributed by atoms with Gasteiger partial charge in [-0.25, -0.2) is 4.98 Å². The first kappa shape index (κ1) is 7.31. The molecule has 0 saturated carbocycles. The Labute approximate surface area is 70.8 Å². The first-order valence-corrected chi connectivity index (χ1v) is 4.02. The van der Waals surface area contributed by atoms with E-state index in [0.29, 0.717) is 6.54 Å². The molecule has 0 aromatic carbocycles. The van der Waals surface area contributed by atoms with Crippen LogP contribution in [-0.4, -0.2) is 15.9 Å². The average Bonchev–Trinajstić information content (AvgIpc) is 2.51. The summed E-state index contributed by atoms with van der Waals surface area (Å²) in [5.74, 6) is 0. The zero-order valence-corrected chi connectivity index (χ0v) is 6.77. The maximum atomic E-state index is 5.45. The quantitative estimate of drug-likeness (QED) is 0.709. The Bertz CT molecular complexity index is 378. The standard InChI is InChI=1S/C9H11N3/c10-3-1-8-2-5-12-6-4-11-9(12)7-8/h2,4-7H,1,3,10H2. The van der Waals surface area contributed by atoms with Crippen molar-refractivity contribution in [2.75, 3.05) is 6.54 Å².